The number of halogens is 2. The first kappa shape index (κ1) is 26.0. The van der Waals surface area contributed by atoms with Crippen molar-refractivity contribution in [3.05, 3.63) is 69.3 Å². The van der Waals surface area contributed by atoms with Gasteiger partial charge in [-0.1, -0.05) is 35.3 Å². The summed E-state index contributed by atoms with van der Waals surface area (Å²) in [6.07, 6.45) is 3.44. The molecule has 39 heavy (non-hydrogen) atoms. The van der Waals surface area contributed by atoms with Crippen molar-refractivity contribution in [1.82, 2.24) is 14.9 Å². The highest BCUT2D eigenvalue weighted by atomic mass is 35.5. The van der Waals surface area contributed by atoms with Crippen molar-refractivity contribution >= 4 is 58.2 Å². The van der Waals surface area contributed by atoms with Crippen molar-refractivity contribution in [2.24, 2.45) is 4.99 Å². The Morgan fingerprint density at radius 1 is 1.08 bits per heavy atom. The number of aromatic nitrogens is 2. The predicted molar refractivity (Wildman–Crippen MR) is 155 cm³/mol. The van der Waals surface area contributed by atoms with Crippen LogP contribution in [0.1, 0.15) is 34.3 Å². The molecule has 0 atom stereocenters. The number of fused-ring (bicyclic) bond motifs is 3. The van der Waals surface area contributed by atoms with Crippen molar-refractivity contribution in [3.63, 3.8) is 0 Å². The Morgan fingerprint density at radius 3 is 2.51 bits per heavy atom. The molecule has 1 amide bonds. The summed E-state index contributed by atoms with van der Waals surface area (Å²) in [5, 5.41) is 4.04. The van der Waals surface area contributed by atoms with Gasteiger partial charge in [0.15, 0.2) is 5.82 Å². The Hall–Kier alpha value is -3.24. The first-order valence-electron chi connectivity index (χ1n) is 12.9. The third-order valence-corrected chi connectivity index (χ3v) is 8.41. The van der Waals surface area contributed by atoms with Crippen LogP contribution < -0.4 is 15.1 Å². The maximum absolute atomic E-state index is 13.6. The summed E-state index contributed by atoms with van der Waals surface area (Å²) < 4.78 is 6.08. The minimum Gasteiger partial charge on any atom is -0.373 e. The van der Waals surface area contributed by atoms with Gasteiger partial charge < -0.3 is 15.0 Å². The van der Waals surface area contributed by atoms with E-state index in [0.717, 1.165) is 37.2 Å². The number of carbonyl (C=O) groups excluding carboxylic acids is 1. The number of ether oxygens (including phenoxy) is 1. The van der Waals surface area contributed by atoms with Gasteiger partial charge in [0.05, 0.1) is 27.9 Å². The smallest absolute Gasteiger partial charge is 0.270 e. The monoisotopic (exact) mass is 565 g/mol. The van der Waals surface area contributed by atoms with E-state index < -0.39 is 0 Å². The summed E-state index contributed by atoms with van der Waals surface area (Å²) in [6, 6.07) is 11.4. The topological polar surface area (TPSA) is 86.2 Å². The quantitative estimate of drug-likeness (QED) is 0.452. The van der Waals surface area contributed by atoms with Crippen LogP contribution in [-0.2, 0) is 10.3 Å². The Balaban J connectivity index is 1.30. The lowest BCUT2D eigenvalue weighted by atomic mass is 9.82. The molecule has 0 aliphatic carbocycles. The van der Waals surface area contributed by atoms with E-state index >= 15 is 0 Å². The van der Waals surface area contributed by atoms with Crippen LogP contribution in [0, 0.1) is 6.92 Å². The summed E-state index contributed by atoms with van der Waals surface area (Å²) in [5.41, 5.74) is 3.68. The number of piperidine rings is 1. The normalized spacial score (nSPS) is 18.6. The molecule has 4 heterocycles. The molecular weight excluding hydrogens is 537 g/mol. The van der Waals surface area contributed by atoms with Crippen LogP contribution in [0.3, 0.4) is 0 Å². The van der Waals surface area contributed by atoms with E-state index in [1.54, 1.807) is 31.5 Å². The maximum Gasteiger partial charge on any atom is 0.270 e. The molecule has 6 rings (SSSR count). The first-order valence-corrected chi connectivity index (χ1v) is 13.7. The van der Waals surface area contributed by atoms with Crippen molar-refractivity contribution in [2.45, 2.75) is 25.4 Å². The van der Waals surface area contributed by atoms with Crippen molar-refractivity contribution in [2.75, 3.05) is 55.5 Å². The molecule has 3 aliphatic rings. The van der Waals surface area contributed by atoms with Gasteiger partial charge in [-0.15, -0.1) is 0 Å². The molecule has 1 aromatic heterocycles. The van der Waals surface area contributed by atoms with Crippen LogP contribution in [-0.4, -0.2) is 67.1 Å². The zero-order valence-electron chi connectivity index (χ0n) is 22.0. The van der Waals surface area contributed by atoms with Gasteiger partial charge in [-0.05, 0) is 62.2 Å². The molecule has 0 unspecified atom stereocenters. The maximum atomic E-state index is 13.6. The average molecular weight is 566 g/mol. The highest BCUT2D eigenvalue weighted by molar-refractivity contribution is 6.43. The highest BCUT2D eigenvalue weighted by Crippen LogP contribution is 2.41. The lowest BCUT2D eigenvalue weighted by Crippen LogP contribution is -2.51. The first-order chi connectivity index (χ1) is 18.8. The number of anilines is 4. The van der Waals surface area contributed by atoms with Gasteiger partial charge in [-0.25, -0.2) is 9.88 Å². The number of hydrogen-bond acceptors (Lipinski definition) is 8. The Bertz CT molecular complexity index is 1470. The average Bonchev–Trinajstić information content (AvgIpc) is 3.41. The Morgan fingerprint density at radius 2 is 1.82 bits per heavy atom. The van der Waals surface area contributed by atoms with Crippen LogP contribution >= 0.6 is 23.2 Å². The van der Waals surface area contributed by atoms with E-state index in [9.17, 15) is 4.79 Å². The fourth-order valence-corrected chi connectivity index (χ4v) is 6.24. The van der Waals surface area contributed by atoms with Crippen LogP contribution in [0.2, 0.25) is 10.0 Å². The van der Waals surface area contributed by atoms with E-state index in [2.05, 4.69) is 46.3 Å². The zero-order chi connectivity index (χ0) is 27.3. The molecule has 3 aliphatic heterocycles. The number of amides is 1. The summed E-state index contributed by atoms with van der Waals surface area (Å²) >= 11 is 12.9. The van der Waals surface area contributed by atoms with Crippen LogP contribution in [0.25, 0.3) is 0 Å². The minimum absolute atomic E-state index is 0.278. The van der Waals surface area contributed by atoms with E-state index in [1.807, 2.05) is 11.0 Å². The van der Waals surface area contributed by atoms with Crippen LogP contribution in [0.15, 0.2) is 47.6 Å². The number of carbonyl (C=O) groups is 1. The lowest BCUT2D eigenvalue weighted by molar-refractivity contribution is -0.0589. The standard InChI is InChI=1S/C28H29Cl2N7O2/c1-17-15-18(7-8-20(17)28(39-3)9-12-35(2)13-10-28)33-26-32-16-19-24(34-26)36-14-11-31-27(36)37(25(19)38)23-21(29)5-4-6-22(23)30/h4-8,15-16H,9-14H2,1-3H3,(H,32,33,34). The second-order valence-electron chi connectivity index (χ2n) is 10.1. The number of likely N-dealkylation sites (tertiary alicyclic amines) is 1. The van der Waals surface area contributed by atoms with Gasteiger partial charge in [0.2, 0.25) is 11.9 Å². The van der Waals surface area contributed by atoms with Crippen molar-refractivity contribution in [1.29, 1.82) is 0 Å². The fraction of sp³-hybridized carbons (Fsp3) is 0.357. The summed E-state index contributed by atoms with van der Waals surface area (Å²) in [4.78, 5) is 33.1. The van der Waals surface area contributed by atoms with E-state index in [1.165, 1.54) is 10.5 Å². The van der Waals surface area contributed by atoms with Gasteiger partial charge in [0, 0.05) is 38.6 Å². The molecule has 0 saturated carbocycles. The van der Waals surface area contributed by atoms with E-state index in [-0.39, 0.29) is 11.5 Å². The van der Waals surface area contributed by atoms with Gasteiger partial charge in [-0.2, -0.15) is 4.98 Å². The fourth-order valence-electron chi connectivity index (χ4n) is 5.68. The molecule has 0 radical (unpaired) electrons. The van der Waals surface area contributed by atoms with E-state index in [0.29, 0.717) is 52.1 Å². The number of rotatable bonds is 5. The minimum atomic E-state index is -0.327. The summed E-state index contributed by atoms with van der Waals surface area (Å²) in [6.45, 7) is 5.19. The number of nitrogens with one attached hydrogen (secondary N) is 1. The second-order valence-corrected chi connectivity index (χ2v) is 10.9. The molecule has 1 N–H and O–H groups in total. The summed E-state index contributed by atoms with van der Waals surface area (Å²) in [5.74, 6) is 1.03. The second kappa shape index (κ2) is 10.1. The Labute approximate surface area is 237 Å². The number of methoxy groups -OCH3 is 1. The molecule has 11 heteroatoms. The third-order valence-electron chi connectivity index (χ3n) is 7.80. The molecule has 0 bridgehead atoms. The van der Waals surface area contributed by atoms with Crippen molar-refractivity contribution in [3.8, 4) is 0 Å². The van der Waals surface area contributed by atoms with Gasteiger partial charge >= 0.3 is 0 Å². The predicted octanol–water partition coefficient (Wildman–Crippen LogP) is 5.24. The number of aryl methyl sites for hydroxylation is 1. The molecule has 0 spiro atoms. The molecule has 2 aromatic carbocycles. The SMILES string of the molecule is COC1(c2ccc(Nc3ncc4c(n3)N3CCN=C3N(c3c(Cl)cccc3Cl)C4=O)cc2C)CCN(C)CC1. The largest absolute Gasteiger partial charge is 0.373 e. The third kappa shape index (κ3) is 4.43. The zero-order valence-corrected chi connectivity index (χ0v) is 23.6. The van der Waals surface area contributed by atoms with Crippen LogP contribution in [0.5, 0.6) is 0 Å². The molecule has 9 nitrogen and oxygen atoms in total. The Kier molecular flexibility index (Phi) is 6.71. The van der Waals surface area contributed by atoms with E-state index in [4.69, 9.17) is 32.9 Å². The number of para-hydroxylation sites is 1. The number of benzene rings is 2. The number of hydrogen-bond donors (Lipinski definition) is 1. The number of aliphatic imine (C=N–C) groups is 1. The van der Waals surface area contributed by atoms with Crippen molar-refractivity contribution < 1.29 is 9.53 Å². The lowest BCUT2D eigenvalue weighted by Gasteiger charge is -2.40. The molecule has 202 valence electrons. The number of nitrogens with zero attached hydrogens (tertiary/aromatic N) is 6. The molecular formula is C28H29Cl2N7O2. The van der Waals surface area contributed by atoms with Gasteiger partial charge in [0.25, 0.3) is 5.91 Å². The molecule has 3 aromatic rings. The van der Waals surface area contributed by atoms with Gasteiger partial charge in [0.1, 0.15) is 5.56 Å². The molecule has 1 saturated heterocycles. The van der Waals surface area contributed by atoms with Crippen LogP contribution in [0.4, 0.5) is 23.1 Å². The number of guanidine groups is 1. The highest BCUT2D eigenvalue weighted by Gasteiger charge is 2.41. The summed E-state index contributed by atoms with van der Waals surface area (Å²) in [7, 11) is 3.95. The van der Waals surface area contributed by atoms with Gasteiger partial charge in [-0.3, -0.25) is 14.7 Å². The molecule has 1 fully saturated rings.